The van der Waals surface area contributed by atoms with Gasteiger partial charge < -0.3 is 9.72 Å². The molecule has 0 unspecified atom stereocenters. The fourth-order valence-corrected chi connectivity index (χ4v) is 1.68. The van der Waals surface area contributed by atoms with E-state index in [-0.39, 0.29) is 13.1 Å². The molecule has 1 aromatic rings. The van der Waals surface area contributed by atoms with Crippen molar-refractivity contribution in [2.45, 2.75) is 6.54 Å². The first-order chi connectivity index (χ1) is 7.14. The first kappa shape index (κ1) is 12.1. The summed E-state index contributed by atoms with van der Waals surface area (Å²) in [6.45, 7) is 0.766. The predicted octanol–water partition coefficient (Wildman–Crippen LogP) is -1.02. The number of hydrogen-bond donors (Lipinski definition) is 3. The lowest BCUT2D eigenvalue weighted by Gasteiger charge is -2.06. The summed E-state index contributed by atoms with van der Waals surface area (Å²) in [7, 11) is -1.95. The molecule has 7 nitrogen and oxygen atoms in total. The first-order valence-electron chi connectivity index (χ1n) is 4.34. The second-order valence-electron chi connectivity index (χ2n) is 2.79. The predicted molar refractivity (Wildman–Crippen MR) is 54.2 cm³/mol. The lowest BCUT2D eigenvalue weighted by molar-refractivity contribution is 0.204. The normalized spacial score (nSPS) is 11.8. The van der Waals surface area contributed by atoms with Gasteiger partial charge in [0.2, 0.25) is 0 Å². The third-order valence-corrected chi connectivity index (χ3v) is 2.71. The molecule has 0 saturated heterocycles. The van der Waals surface area contributed by atoms with Gasteiger partial charge in [-0.1, -0.05) is 0 Å². The van der Waals surface area contributed by atoms with E-state index in [0.717, 1.165) is 0 Å². The van der Waals surface area contributed by atoms with Gasteiger partial charge in [0.1, 0.15) is 0 Å². The van der Waals surface area contributed by atoms with Crippen molar-refractivity contribution in [3.8, 4) is 0 Å². The summed E-state index contributed by atoms with van der Waals surface area (Å²) in [5, 5.41) is 0. The molecule has 0 aliphatic rings. The lowest BCUT2D eigenvalue weighted by Crippen LogP contribution is -2.37. The summed E-state index contributed by atoms with van der Waals surface area (Å²) in [5.41, 5.74) is 0.701. The van der Waals surface area contributed by atoms with E-state index < -0.39 is 10.2 Å². The van der Waals surface area contributed by atoms with Crippen LogP contribution in [0.1, 0.15) is 5.69 Å². The van der Waals surface area contributed by atoms with Crippen molar-refractivity contribution >= 4 is 10.2 Å². The van der Waals surface area contributed by atoms with Gasteiger partial charge in [-0.2, -0.15) is 17.9 Å². The van der Waals surface area contributed by atoms with Gasteiger partial charge in [-0.15, -0.1) is 0 Å². The average molecular weight is 234 g/mol. The van der Waals surface area contributed by atoms with Gasteiger partial charge in [-0.05, 0) is 0 Å². The maximum atomic E-state index is 11.3. The quantitative estimate of drug-likeness (QED) is 0.526. The SMILES string of the molecule is COCCNS(=O)(=O)NCc1cnc[nH]1. The number of methoxy groups -OCH3 is 1. The number of ether oxygens (including phenoxy) is 1. The van der Waals surface area contributed by atoms with E-state index in [2.05, 4.69) is 19.4 Å². The van der Waals surface area contributed by atoms with Crippen LogP contribution in [0.4, 0.5) is 0 Å². The Balaban J connectivity index is 2.30. The maximum absolute atomic E-state index is 11.3. The second kappa shape index (κ2) is 5.81. The molecule has 0 fully saturated rings. The number of nitrogens with one attached hydrogen (secondary N) is 3. The monoisotopic (exact) mass is 234 g/mol. The summed E-state index contributed by atoms with van der Waals surface area (Å²) < 4.78 is 32.0. The Morgan fingerprint density at radius 2 is 2.33 bits per heavy atom. The summed E-state index contributed by atoms with van der Waals surface area (Å²) in [6, 6.07) is 0. The molecule has 0 radical (unpaired) electrons. The van der Waals surface area contributed by atoms with Crippen molar-refractivity contribution in [1.82, 2.24) is 19.4 Å². The first-order valence-corrected chi connectivity index (χ1v) is 5.83. The molecule has 1 rings (SSSR count). The molecule has 0 atom stereocenters. The molecule has 0 aromatic carbocycles. The molecule has 0 aliphatic carbocycles. The molecule has 0 saturated carbocycles. The zero-order chi connectivity index (χ0) is 11.1. The summed E-state index contributed by atoms with van der Waals surface area (Å²) in [5.74, 6) is 0. The molecule has 86 valence electrons. The minimum atomic E-state index is -3.46. The van der Waals surface area contributed by atoms with Crippen LogP contribution in [0.15, 0.2) is 12.5 Å². The van der Waals surface area contributed by atoms with Crippen molar-refractivity contribution in [2.24, 2.45) is 0 Å². The molecule has 1 aromatic heterocycles. The Bertz CT molecular complexity index is 362. The number of aromatic nitrogens is 2. The highest BCUT2D eigenvalue weighted by atomic mass is 32.2. The Morgan fingerprint density at radius 3 is 2.93 bits per heavy atom. The van der Waals surface area contributed by atoms with E-state index in [4.69, 9.17) is 4.74 Å². The van der Waals surface area contributed by atoms with E-state index in [9.17, 15) is 8.42 Å². The van der Waals surface area contributed by atoms with Crippen LogP contribution in [0.2, 0.25) is 0 Å². The summed E-state index contributed by atoms with van der Waals surface area (Å²) >= 11 is 0. The van der Waals surface area contributed by atoms with Crippen molar-refractivity contribution in [3.05, 3.63) is 18.2 Å². The molecular weight excluding hydrogens is 220 g/mol. The number of imidazole rings is 1. The standard InChI is InChI=1S/C7H14N4O3S/c1-14-3-2-10-15(12,13)11-5-7-4-8-6-9-7/h4,6,10-11H,2-3,5H2,1H3,(H,8,9). The lowest BCUT2D eigenvalue weighted by atomic mass is 10.5. The van der Waals surface area contributed by atoms with Crippen molar-refractivity contribution < 1.29 is 13.2 Å². The maximum Gasteiger partial charge on any atom is 0.277 e. The molecule has 0 bridgehead atoms. The van der Waals surface area contributed by atoms with Gasteiger partial charge in [0.25, 0.3) is 10.2 Å². The number of nitrogens with zero attached hydrogens (tertiary/aromatic N) is 1. The highest BCUT2D eigenvalue weighted by molar-refractivity contribution is 7.87. The van der Waals surface area contributed by atoms with Crippen LogP contribution in [-0.2, 0) is 21.5 Å². The fraction of sp³-hybridized carbons (Fsp3) is 0.571. The van der Waals surface area contributed by atoms with Gasteiger partial charge in [0.15, 0.2) is 0 Å². The van der Waals surface area contributed by atoms with E-state index in [1.807, 2.05) is 0 Å². The van der Waals surface area contributed by atoms with Gasteiger partial charge in [-0.25, -0.2) is 4.98 Å². The number of hydrogen-bond acceptors (Lipinski definition) is 4. The van der Waals surface area contributed by atoms with Crippen LogP contribution >= 0.6 is 0 Å². The van der Waals surface area contributed by atoms with E-state index in [1.54, 1.807) is 6.20 Å². The van der Waals surface area contributed by atoms with Gasteiger partial charge in [0.05, 0.1) is 19.5 Å². The third-order valence-electron chi connectivity index (χ3n) is 1.61. The van der Waals surface area contributed by atoms with Crippen molar-refractivity contribution in [3.63, 3.8) is 0 Å². The highest BCUT2D eigenvalue weighted by Gasteiger charge is 2.08. The molecule has 0 aliphatic heterocycles. The highest BCUT2D eigenvalue weighted by Crippen LogP contribution is 1.90. The molecule has 1 heterocycles. The van der Waals surface area contributed by atoms with E-state index in [1.165, 1.54) is 13.4 Å². The van der Waals surface area contributed by atoms with Gasteiger partial charge in [-0.3, -0.25) is 0 Å². The van der Waals surface area contributed by atoms with Gasteiger partial charge in [0, 0.05) is 25.5 Å². The molecular formula is C7H14N4O3S. The Morgan fingerprint density at radius 1 is 1.53 bits per heavy atom. The van der Waals surface area contributed by atoms with Crippen LogP contribution in [-0.4, -0.2) is 38.6 Å². The van der Waals surface area contributed by atoms with Crippen LogP contribution < -0.4 is 9.44 Å². The van der Waals surface area contributed by atoms with Crippen molar-refractivity contribution in [1.29, 1.82) is 0 Å². The second-order valence-corrected chi connectivity index (χ2v) is 4.37. The van der Waals surface area contributed by atoms with Crippen LogP contribution in [0.25, 0.3) is 0 Å². The molecule has 0 amide bonds. The number of H-pyrrole nitrogens is 1. The van der Waals surface area contributed by atoms with E-state index >= 15 is 0 Å². The zero-order valence-electron chi connectivity index (χ0n) is 8.36. The Kier molecular flexibility index (Phi) is 4.69. The van der Waals surface area contributed by atoms with Crippen molar-refractivity contribution in [2.75, 3.05) is 20.3 Å². The largest absolute Gasteiger partial charge is 0.383 e. The third kappa shape index (κ3) is 4.88. The number of rotatable bonds is 7. The molecule has 8 heteroatoms. The topological polar surface area (TPSA) is 96.1 Å². The van der Waals surface area contributed by atoms with Gasteiger partial charge >= 0.3 is 0 Å². The summed E-state index contributed by atoms with van der Waals surface area (Å²) in [6.07, 6.45) is 3.04. The van der Waals surface area contributed by atoms with Crippen LogP contribution in [0.5, 0.6) is 0 Å². The Hall–Kier alpha value is -0.960. The van der Waals surface area contributed by atoms with Crippen LogP contribution in [0, 0.1) is 0 Å². The molecule has 0 spiro atoms. The smallest absolute Gasteiger partial charge is 0.277 e. The average Bonchev–Trinajstić information content (AvgIpc) is 2.68. The Labute approximate surface area is 88.4 Å². The minimum Gasteiger partial charge on any atom is -0.383 e. The minimum absolute atomic E-state index is 0.183. The molecule has 3 N–H and O–H groups in total. The number of aromatic amines is 1. The fourth-order valence-electron chi connectivity index (χ4n) is 0.883. The van der Waals surface area contributed by atoms with Crippen LogP contribution in [0.3, 0.4) is 0 Å². The zero-order valence-corrected chi connectivity index (χ0v) is 9.17. The summed E-state index contributed by atoms with van der Waals surface area (Å²) in [4.78, 5) is 6.55. The molecule has 15 heavy (non-hydrogen) atoms. The van der Waals surface area contributed by atoms with E-state index in [0.29, 0.717) is 12.3 Å².